The average molecular weight is 320 g/mol. The topological polar surface area (TPSA) is 47.4 Å². The first-order valence-corrected chi connectivity index (χ1v) is 7.78. The van der Waals surface area contributed by atoms with Gasteiger partial charge in [-0.05, 0) is 18.6 Å². The van der Waals surface area contributed by atoms with E-state index in [4.69, 9.17) is 16.3 Å². The Morgan fingerprint density at radius 2 is 2.14 bits per heavy atom. The molecule has 1 fully saturated rings. The second kappa shape index (κ2) is 6.50. The van der Waals surface area contributed by atoms with Crippen molar-refractivity contribution in [3.8, 4) is 5.69 Å². The van der Waals surface area contributed by atoms with E-state index < -0.39 is 0 Å². The van der Waals surface area contributed by atoms with Crippen molar-refractivity contribution in [2.45, 2.75) is 19.4 Å². The molecular formula is C16H18ClN3O2. The highest BCUT2D eigenvalue weighted by Crippen LogP contribution is 2.24. The second-order valence-corrected chi connectivity index (χ2v) is 5.62. The zero-order valence-corrected chi connectivity index (χ0v) is 13.2. The first-order chi connectivity index (χ1) is 10.7. The third kappa shape index (κ3) is 2.87. The summed E-state index contributed by atoms with van der Waals surface area (Å²) in [5, 5.41) is 4.48. The zero-order valence-electron chi connectivity index (χ0n) is 12.4. The number of benzene rings is 1. The van der Waals surface area contributed by atoms with Gasteiger partial charge in [0.2, 0.25) is 0 Å². The van der Waals surface area contributed by atoms with Crippen molar-refractivity contribution in [3.63, 3.8) is 0 Å². The van der Waals surface area contributed by atoms with Gasteiger partial charge in [0, 0.05) is 13.1 Å². The number of rotatable bonds is 3. The maximum Gasteiger partial charge on any atom is 0.292 e. The molecule has 1 aromatic heterocycles. The van der Waals surface area contributed by atoms with Crippen LogP contribution in [0.5, 0.6) is 0 Å². The molecule has 1 unspecified atom stereocenters. The van der Waals surface area contributed by atoms with Crippen LogP contribution < -0.4 is 10.5 Å². The molecule has 0 bridgehead atoms. The summed E-state index contributed by atoms with van der Waals surface area (Å²) in [5.41, 5.74) is 1.08. The van der Waals surface area contributed by atoms with E-state index in [2.05, 4.69) is 16.9 Å². The molecule has 5 nitrogen and oxygen atoms in total. The molecule has 0 aliphatic carbocycles. The van der Waals surface area contributed by atoms with Crippen molar-refractivity contribution in [1.29, 1.82) is 0 Å². The van der Waals surface area contributed by atoms with Gasteiger partial charge in [-0.15, -0.1) is 0 Å². The molecule has 3 rings (SSSR count). The molecule has 0 spiro atoms. The third-order valence-electron chi connectivity index (χ3n) is 3.84. The van der Waals surface area contributed by atoms with E-state index in [1.165, 1.54) is 4.68 Å². The van der Waals surface area contributed by atoms with E-state index in [9.17, 15) is 4.79 Å². The predicted octanol–water partition coefficient (Wildman–Crippen LogP) is 2.50. The van der Waals surface area contributed by atoms with E-state index in [0.29, 0.717) is 24.5 Å². The quantitative estimate of drug-likeness (QED) is 0.872. The lowest BCUT2D eigenvalue weighted by Crippen LogP contribution is -2.43. The van der Waals surface area contributed by atoms with Gasteiger partial charge in [0.05, 0.1) is 30.3 Å². The molecule has 2 aromatic rings. The van der Waals surface area contributed by atoms with Crippen LogP contribution in [0.3, 0.4) is 0 Å². The Labute approximate surface area is 134 Å². The van der Waals surface area contributed by atoms with Crippen LogP contribution in [0.15, 0.2) is 41.3 Å². The molecule has 1 aliphatic rings. The fourth-order valence-corrected chi connectivity index (χ4v) is 2.83. The molecule has 0 amide bonds. The van der Waals surface area contributed by atoms with Crippen molar-refractivity contribution < 1.29 is 4.74 Å². The Balaban J connectivity index is 1.95. The Morgan fingerprint density at radius 3 is 2.86 bits per heavy atom. The van der Waals surface area contributed by atoms with Crippen LogP contribution in [0, 0.1) is 0 Å². The van der Waals surface area contributed by atoms with Crippen LogP contribution in [0.2, 0.25) is 5.02 Å². The highest BCUT2D eigenvalue weighted by Gasteiger charge is 2.23. The average Bonchev–Trinajstić information content (AvgIpc) is 2.58. The van der Waals surface area contributed by atoms with Gasteiger partial charge in [-0.3, -0.25) is 4.79 Å². The van der Waals surface area contributed by atoms with Crippen LogP contribution >= 0.6 is 11.6 Å². The molecule has 22 heavy (non-hydrogen) atoms. The van der Waals surface area contributed by atoms with Crippen LogP contribution in [-0.2, 0) is 4.74 Å². The molecule has 0 N–H and O–H groups in total. The van der Waals surface area contributed by atoms with Gasteiger partial charge in [-0.25, -0.2) is 0 Å². The summed E-state index contributed by atoms with van der Waals surface area (Å²) in [6.07, 6.45) is 2.76. The van der Waals surface area contributed by atoms with Crippen molar-refractivity contribution >= 4 is 17.3 Å². The summed E-state index contributed by atoms with van der Waals surface area (Å²) in [5.74, 6) is 0. The second-order valence-electron chi connectivity index (χ2n) is 5.24. The van der Waals surface area contributed by atoms with Crippen LogP contribution in [0.4, 0.5) is 5.69 Å². The Hall–Kier alpha value is -1.85. The summed E-state index contributed by atoms with van der Waals surface area (Å²) in [6, 6.07) is 9.26. The molecular weight excluding hydrogens is 302 g/mol. The SMILES string of the molecule is CCC1CN(c2cnn(-c3ccccc3)c(=O)c2Cl)CCO1. The molecule has 0 saturated carbocycles. The largest absolute Gasteiger partial charge is 0.375 e. The van der Waals surface area contributed by atoms with Gasteiger partial charge in [0.1, 0.15) is 5.02 Å². The summed E-state index contributed by atoms with van der Waals surface area (Å²) in [7, 11) is 0. The van der Waals surface area contributed by atoms with E-state index in [1.807, 2.05) is 30.3 Å². The van der Waals surface area contributed by atoms with Crippen molar-refractivity contribution in [3.05, 3.63) is 51.9 Å². The fourth-order valence-electron chi connectivity index (χ4n) is 2.58. The first-order valence-electron chi connectivity index (χ1n) is 7.40. The van der Waals surface area contributed by atoms with Gasteiger partial charge in [0.25, 0.3) is 5.56 Å². The molecule has 1 aromatic carbocycles. The van der Waals surface area contributed by atoms with Crippen molar-refractivity contribution in [1.82, 2.24) is 9.78 Å². The lowest BCUT2D eigenvalue weighted by molar-refractivity contribution is 0.0384. The summed E-state index contributed by atoms with van der Waals surface area (Å²) in [4.78, 5) is 14.6. The number of nitrogens with zero attached hydrogens (tertiary/aromatic N) is 3. The minimum absolute atomic E-state index is 0.168. The maximum absolute atomic E-state index is 12.5. The molecule has 0 radical (unpaired) electrons. The minimum atomic E-state index is -0.301. The van der Waals surface area contributed by atoms with Crippen LogP contribution in [0.25, 0.3) is 5.69 Å². The van der Waals surface area contributed by atoms with Crippen LogP contribution in [0.1, 0.15) is 13.3 Å². The number of para-hydroxylation sites is 1. The van der Waals surface area contributed by atoms with E-state index in [0.717, 1.165) is 13.0 Å². The number of halogens is 1. The van der Waals surface area contributed by atoms with Gasteiger partial charge >= 0.3 is 0 Å². The first kappa shape index (κ1) is 15.1. The van der Waals surface area contributed by atoms with Gasteiger partial charge in [-0.2, -0.15) is 9.78 Å². The number of morpholine rings is 1. The molecule has 1 aliphatic heterocycles. The smallest absolute Gasteiger partial charge is 0.292 e. The minimum Gasteiger partial charge on any atom is -0.375 e. The Bertz CT molecular complexity index is 702. The standard InChI is InChI=1S/C16H18ClN3O2/c1-2-13-11-19(8-9-22-13)14-10-18-20(16(21)15(14)17)12-6-4-3-5-7-12/h3-7,10,13H,2,8-9,11H2,1H3. The number of hydrogen-bond donors (Lipinski definition) is 0. The van der Waals surface area contributed by atoms with Gasteiger partial charge in [0.15, 0.2) is 0 Å². The number of hydrogen-bond acceptors (Lipinski definition) is 4. The number of aromatic nitrogens is 2. The summed E-state index contributed by atoms with van der Waals surface area (Å²) < 4.78 is 6.98. The molecule has 6 heteroatoms. The number of anilines is 1. The summed E-state index contributed by atoms with van der Waals surface area (Å²) >= 11 is 6.32. The fraction of sp³-hybridized carbons (Fsp3) is 0.375. The third-order valence-corrected chi connectivity index (χ3v) is 4.19. The molecule has 2 heterocycles. The van der Waals surface area contributed by atoms with E-state index >= 15 is 0 Å². The highest BCUT2D eigenvalue weighted by molar-refractivity contribution is 6.33. The normalized spacial score (nSPS) is 18.5. The monoisotopic (exact) mass is 319 g/mol. The summed E-state index contributed by atoms with van der Waals surface area (Å²) in [6.45, 7) is 4.16. The molecule has 1 saturated heterocycles. The highest BCUT2D eigenvalue weighted by atomic mass is 35.5. The molecule has 1 atom stereocenters. The Morgan fingerprint density at radius 1 is 1.36 bits per heavy atom. The number of ether oxygens (including phenoxy) is 1. The predicted molar refractivity (Wildman–Crippen MR) is 87.1 cm³/mol. The van der Waals surface area contributed by atoms with Crippen LogP contribution in [-0.4, -0.2) is 35.6 Å². The molecule has 116 valence electrons. The lowest BCUT2D eigenvalue weighted by atomic mass is 10.2. The van der Waals surface area contributed by atoms with Crippen molar-refractivity contribution in [2.75, 3.05) is 24.6 Å². The zero-order chi connectivity index (χ0) is 15.5. The van der Waals surface area contributed by atoms with E-state index in [1.54, 1.807) is 6.20 Å². The van der Waals surface area contributed by atoms with Gasteiger partial charge in [-0.1, -0.05) is 36.7 Å². The maximum atomic E-state index is 12.5. The van der Waals surface area contributed by atoms with Gasteiger partial charge < -0.3 is 9.64 Å². The Kier molecular flexibility index (Phi) is 4.45. The lowest BCUT2D eigenvalue weighted by Gasteiger charge is -2.34. The van der Waals surface area contributed by atoms with E-state index in [-0.39, 0.29) is 16.7 Å². The van der Waals surface area contributed by atoms with Crippen molar-refractivity contribution in [2.24, 2.45) is 0 Å².